The highest BCUT2D eigenvalue weighted by molar-refractivity contribution is 6.30. The Morgan fingerprint density at radius 3 is 2.60 bits per heavy atom. The quantitative estimate of drug-likeness (QED) is 0.840. The number of hydrogen-bond donors (Lipinski definition) is 1. The topological polar surface area (TPSA) is 20.2 Å². The molecule has 1 atom stereocenters. The van der Waals surface area contributed by atoms with Crippen molar-refractivity contribution in [1.29, 1.82) is 0 Å². The van der Waals surface area contributed by atoms with Crippen LogP contribution in [-0.2, 0) is 6.42 Å². The molecule has 3 heteroatoms. The molecule has 0 spiro atoms. The highest BCUT2D eigenvalue weighted by atomic mass is 35.5. The van der Waals surface area contributed by atoms with E-state index >= 15 is 0 Å². The van der Waals surface area contributed by atoms with Crippen molar-refractivity contribution in [2.24, 2.45) is 5.41 Å². The van der Waals surface area contributed by atoms with Crippen LogP contribution in [-0.4, -0.2) is 11.7 Å². The zero-order valence-electron chi connectivity index (χ0n) is 9.06. The fraction of sp³-hybridized carbons (Fsp3) is 0.500. The summed E-state index contributed by atoms with van der Waals surface area (Å²) >= 11 is 5.69. The van der Waals surface area contributed by atoms with E-state index in [0.29, 0.717) is 6.42 Å². The maximum Gasteiger partial charge on any atom is 0.141 e. The van der Waals surface area contributed by atoms with Crippen LogP contribution in [0.2, 0.25) is 5.02 Å². The summed E-state index contributed by atoms with van der Waals surface area (Å²) in [5, 5.41) is 9.41. The SMILES string of the molecule is CCC(C)(CO)Cc1ccc(F)c(Cl)c1. The lowest BCUT2D eigenvalue weighted by Gasteiger charge is -2.25. The Morgan fingerprint density at radius 1 is 1.47 bits per heavy atom. The molecular weight excluding hydrogens is 215 g/mol. The van der Waals surface area contributed by atoms with Crippen molar-refractivity contribution in [3.63, 3.8) is 0 Å². The van der Waals surface area contributed by atoms with Gasteiger partial charge in [-0.25, -0.2) is 4.39 Å². The van der Waals surface area contributed by atoms with Gasteiger partial charge in [-0.1, -0.05) is 31.5 Å². The molecule has 0 aliphatic carbocycles. The first kappa shape index (κ1) is 12.5. The minimum atomic E-state index is -0.400. The van der Waals surface area contributed by atoms with Crippen molar-refractivity contribution >= 4 is 11.6 Å². The average molecular weight is 231 g/mol. The van der Waals surface area contributed by atoms with Crippen LogP contribution < -0.4 is 0 Å². The highest BCUT2D eigenvalue weighted by Crippen LogP contribution is 2.27. The van der Waals surface area contributed by atoms with Crippen molar-refractivity contribution < 1.29 is 9.50 Å². The van der Waals surface area contributed by atoms with Gasteiger partial charge in [0.2, 0.25) is 0 Å². The first-order valence-electron chi connectivity index (χ1n) is 5.05. The van der Waals surface area contributed by atoms with Crippen molar-refractivity contribution in [3.05, 3.63) is 34.6 Å². The Balaban J connectivity index is 2.85. The molecule has 0 aromatic heterocycles. The van der Waals surface area contributed by atoms with Gasteiger partial charge in [-0.3, -0.25) is 0 Å². The van der Waals surface area contributed by atoms with Gasteiger partial charge in [0.25, 0.3) is 0 Å². The zero-order chi connectivity index (χ0) is 11.5. The molecule has 1 nitrogen and oxygen atoms in total. The van der Waals surface area contributed by atoms with Crippen LogP contribution in [0, 0.1) is 11.2 Å². The van der Waals surface area contributed by atoms with Gasteiger partial charge in [-0.15, -0.1) is 0 Å². The minimum absolute atomic E-state index is 0.124. The summed E-state index contributed by atoms with van der Waals surface area (Å²) in [7, 11) is 0. The van der Waals surface area contributed by atoms with E-state index in [2.05, 4.69) is 0 Å². The molecule has 0 aliphatic rings. The van der Waals surface area contributed by atoms with Crippen molar-refractivity contribution in [1.82, 2.24) is 0 Å². The summed E-state index contributed by atoms with van der Waals surface area (Å²) < 4.78 is 12.9. The van der Waals surface area contributed by atoms with E-state index in [4.69, 9.17) is 11.6 Å². The number of rotatable bonds is 4. The van der Waals surface area contributed by atoms with Gasteiger partial charge in [0.15, 0.2) is 0 Å². The second-order valence-electron chi connectivity index (χ2n) is 4.25. The van der Waals surface area contributed by atoms with Crippen LogP contribution in [0.1, 0.15) is 25.8 Å². The summed E-state index contributed by atoms with van der Waals surface area (Å²) in [6.45, 7) is 4.16. The lowest BCUT2D eigenvalue weighted by molar-refractivity contribution is 0.137. The summed E-state index contributed by atoms with van der Waals surface area (Å²) in [5.74, 6) is -0.400. The molecule has 0 saturated carbocycles. The monoisotopic (exact) mass is 230 g/mol. The molecule has 84 valence electrons. The largest absolute Gasteiger partial charge is 0.396 e. The molecular formula is C12H16ClFO. The van der Waals surface area contributed by atoms with Crippen LogP contribution in [0.5, 0.6) is 0 Å². The molecule has 1 aromatic carbocycles. The summed E-state index contributed by atoms with van der Waals surface area (Å²) in [5.41, 5.74) is 0.807. The molecule has 0 saturated heterocycles. The zero-order valence-corrected chi connectivity index (χ0v) is 9.81. The fourth-order valence-corrected chi connectivity index (χ4v) is 1.64. The highest BCUT2D eigenvalue weighted by Gasteiger charge is 2.21. The molecule has 15 heavy (non-hydrogen) atoms. The number of aliphatic hydroxyl groups excluding tert-OH is 1. The Hall–Kier alpha value is -0.600. The molecule has 0 bridgehead atoms. The summed E-state index contributed by atoms with van der Waals surface area (Å²) in [4.78, 5) is 0. The first-order chi connectivity index (χ1) is 7.00. The molecule has 0 radical (unpaired) electrons. The molecule has 1 aromatic rings. The number of benzene rings is 1. The van der Waals surface area contributed by atoms with Gasteiger partial charge in [0.05, 0.1) is 5.02 Å². The minimum Gasteiger partial charge on any atom is -0.396 e. The van der Waals surface area contributed by atoms with Gasteiger partial charge in [-0.2, -0.15) is 0 Å². The molecule has 1 N–H and O–H groups in total. The molecule has 1 rings (SSSR count). The lowest BCUT2D eigenvalue weighted by atomic mass is 9.82. The predicted molar refractivity (Wildman–Crippen MR) is 60.6 cm³/mol. The third-order valence-corrected chi connectivity index (χ3v) is 3.14. The van der Waals surface area contributed by atoms with Gasteiger partial charge >= 0.3 is 0 Å². The number of aliphatic hydroxyl groups is 1. The maximum atomic E-state index is 12.9. The molecule has 1 unspecified atom stereocenters. The lowest BCUT2D eigenvalue weighted by Crippen LogP contribution is -2.23. The number of halogens is 2. The second-order valence-corrected chi connectivity index (χ2v) is 4.65. The van der Waals surface area contributed by atoms with E-state index < -0.39 is 5.82 Å². The van der Waals surface area contributed by atoms with Crippen LogP contribution in [0.15, 0.2) is 18.2 Å². The predicted octanol–water partition coefficient (Wildman–Crippen LogP) is 3.43. The first-order valence-corrected chi connectivity index (χ1v) is 5.43. The van der Waals surface area contributed by atoms with Gasteiger partial charge < -0.3 is 5.11 Å². The Labute approximate surface area is 94.9 Å². The average Bonchev–Trinajstić information content (AvgIpc) is 2.23. The Kier molecular flexibility index (Phi) is 4.12. The normalized spacial score (nSPS) is 15.0. The van der Waals surface area contributed by atoms with E-state index in [-0.39, 0.29) is 17.0 Å². The smallest absolute Gasteiger partial charge is 0.141 e. The van der Waals surface area contributed by atoms with Gasteiger partial charge in [0.1, 0.15) is 5.82 Å². The van der Waals surface area contributed by atoms with Crippen LogP contribution >= 0.6 is 11.6 Å². The molecule has 0 aliphatic heterocycles. The third kappa shape index (κ3) is 3.18. The fourth-order valence-electron chi connectivity index (χ4n) is 1.44. The van der Waals surface area contributed by atoms with Gasteiger partial charge in [0, 0.05) is 6.61 Å². The Morgan fingerprint density at radius 2 is 2.13 bits per heavy atom. The Bertz CT molecular complexity index is 334. The third-order valence-electron chi connectivity index (χ3n) is 2.85. The van der Waals surface area contributed by atoms with Crippen LogP contribution in [0.25, 0.3) is 0 Å². The van der Waals surface area contributed by atoms with E-state index in [1.54, 1.807) is 12.1 Å². The summed E-state index contributed by atoms with van der Waals surface area (Å²) in [6.07, 6.45) is 1.58. The standard InChI is InChI=1S/C12H16ClFO/c1-3-12(2,8-15)7-9-4-5-11(14)10(13)6-9/h4-6,15H,3,7-8H2,1-2H3. The van der Waals surface area contributed by atoms with E-state index in [1.807, 2.05) is 13.8 Å². The van der Waals surface area contributed by atoms with E-state index in [1.165, 1.54) is 6.07 Å². The molecule has 0 amide bonds. The summed E-state index contributed by atoms with van der Waals surface area (Å²) in [6, 6.07) is 4.70. The van der Waals surface area contributed by atoms with Gasteiger partial charge in [-0.05, 0) is 36.0 Å². The second kappa shape index (κ2) is 4.95. The van der Waals surface area contributed by atoms with E-state index in [0.717, 1.165) is 12.0 Å². The molecule has 0 heterocycles. The van der Waals surface area contributed by atoms with Crippen molar-refractivity contribution in [2.75, 3.05) is 6.61 Å². The maximum absolute atomic E-state index is 12.9. The van der Waals surface area contributed by atoms with Crippen molar-refractivity contribution in [3.8, 4) is 0 Å². The van der Waals surface area contributed by atoms with Crippen molar-refractivity contribution in [2.45, 2.75) is 26.7 Å². The van der Waals surface area contributed by atoms with E-state index in [9.17, 15) is 9.50 Å². The number of hydrogen-bond acceptors (Lipinski definition) is 1. The van der Waals surface area contributed by atoms with Crippen LogP contribution in [0.4, 0.5) is 4.39 Å². The van der Waals surface area contributed by atoms with Crippen LogP contribution in [0.3, 0.4) is 0 Å². The molecule has 0 fully saturated rings.